The minimum Gasteiger partial charge on any atom is -0.375 e. The molecule has 0 saturated carbocycles. The molecule has 0 N–H and O–H groups in total. The van der Waals surface area contributed by atoms with Gasteiger partial charge in [0.2, 0.25) is 5.91 Å². The van der Waals surface area contributed by atoms with Gasteiger partial charge in [-0.05, 0) is 19.8 Å². The average Bonchev–Trinajstić information content (AvgIpc) is 2.25. The molecule has 1 saturated heterocycles. The molecule has 0 radical (unpaired) electrons. The van der Waals surface area contributed by atoms with Crippen molar-refractivity contribution in [1.82, 2.24) is 4.90 Å². The molecule has 1 aliphatic rings. The number of nitrogens with zero attached hydrogens (tertiary/aromatic N) is 1. The Labute approximate surface area is 96.7 Å². The minimum atomic E-state index is 0.160. The number of carbonyl (C=O) groups excluding carboxylic acids is 1. The number of hydrogen-bond donors (Lipinski definition) is 0. The lowest BCUT2D eigenvalue weighted by atomic mass is 10.1. The van der Waals surface area contributed by atoms with E-state index in [1.807, 2.05) is 11.8 Å². The lowest BCUT2D eigenvalue weighted by Gasteiger charge is -2.38. The normalized spacial score (nSPS) is 26.7. The molecule has 88 valence electrons. The van der Waals surface area contributed by atoms with Crippen LogP contribution in [0.5, 0.6) is 0 Å². The van der Waals surface area contributed by atoms with Gasteiger partial charge in [-0.2, -0.15) is 0 Å². The maximum Gasteiger partial charge on any atom is 0.223 e. The summed E-state index contributed by atoms with van der Waals surface area (Å²) < 4.78 is 5.55. The molecular weight excluding hydrogens is 214 g/mol. The first kappa shape index (κ1) is 12.8. The third kappa shape index (κ3) is 3.65. The summed E-state index contributed by atoms with van der Waals surface area (Å²) in [6.45, 7) is 5.49. The number of alkyl halides is 1. The predicted octanol–water partition coefficient (Wildman–Crippen LogP) is 2.03. The highest BCUT2D eigenvalue weighted by Gasteiger charge is 2.28. The zero-order valence-electron chi connectivity index (χ0n) is 9.54. The Hall–Kier alpha value is -0.280. The fraction of sp³-hybridized carbons (Fsp3) is 0.909. The average molecular weight is 234 g/mol. The van der Waals surface area contributed by atoms with Crippen LogP contribution in [0.2, 0.25) is 0 Å². The molecule has 0 spiro atoms. The topological polar surface area (TPSA) is 29.5 Å². The van der Waals surface area contributed by atoms with Crippen LogP contribution in [0.15, 0.2) is 0 Å². The van der Waals surface area contributed by atoms with Crippen molar-refractivity contribution in [3.05, 3.63) is 0 Å². The summed E-state index contributed by atoms with van der Waals surface area (Å²) in [7, 11) is 0. The Kier molecular flexibility index (Phi) is 5.40. The number of halogens is 1. The van der Waals surface area contributed by atoms with E-state index >= 15 is 0 Å². The Morgan fingerprint density at radius 1 is 1.60 bits per heavy atom. The number of hydrogen-bond acceptors (Lipinski definition) is 2. The molecule has 1 fully saturated rings. The van der Waals surface area contributed by atoms with E-state index in [4.69, 9.17) is 16.3 Å². The van der Waals surface area contributed by atoms with Gasteiger partial charge in [0.25, 0.3) is 0 Å². The maximum absolute atomic E-state index is 11.9. The highest BCUT2D eigenvalue weighted by atomic mass is 35.5. The smallest absolute Gasteiger partial charge is 0.223 e. The van der Waals surface area contributed by atoms with Crippen LogP contribution in [0.4, 0.5) is 0 Å². The molecule has 1 amide bonds. The molecule has 0 aromatic rings. The number of rotatable bonds is 4. The number of amides is 1. The molecule has 2 atom stereocenters. The van der Waals surface area contributed by atoms with E-state index in [1.165, 1.54) is 0 Å². The van der Waals surface area contributed by atoms with Crippen LogP contribution < -0.4 is 0 Å². The van der Waals surface area contributed by atoms with Crippen molar-refractivity contribution in [2.75, 3.05) is 19.0 Å². The van der Waals surface area contributed by atoms with E-state index in [0.29, 0.717) is 18.9 Å². The van der Waals surface area contributed by atoms with Gasteiger partial charge in [-0.1, -0.05) is 6.92 Å². The second-order valence-corrected chi connectivity index (χ2v) is 4.42. The lowest BCUT2D eigenvalue weighted by Crippen LogP contribution is -2.51. The first-order valence-electron chi connectivity index (χ1n) is 5.66. The first-order valence-corrected chi connectivity index (χ1v) is 6.19. The molecule has 15 heavy (non-hydrogen) atoms. The van der Waals surface area contributed by atoms with Gasteiger partial charge >= 0.3 is 0 Å². The molecule has 1 rings (SSSR count). The zero-order valence-corrected chi connectivity index (χ0v) is 10.3. The van der Waals surface area contributed by atoms with Crippen LogP contribution in [-0.4, -0.2) is 42.0 Å². The van der Waals surface area contributed by atoms with Crippen molar-refractivity contribution in [2.45, 2.75) is 45.3 Å². The standard InChI is InChI=1S/C11H20ClNO2/c1-3-10-8-15-9(2)7-13(10)11(14)5-4-6-12/h9-10H,3-8H2,1-2H3. The van der Waals surface area contributed by atoms with Crippen molar-refractivity contribution < 1.29 is 9.53 Å². The molecule has 2 unspecified atom stereocenters. The lowest BCUT2D eigenvalue weighted by molar-refractivity contribution is -0.144. The van der Waals surface area contributed by atoms with Gasteiger partial charge in [0.15, 0.2) is 0 Å². The van der Waals surface area contributed by atoms with E-state index in [1.54, 1.807) is 0 Å². The molecule has 1 aliphatic heterocycles. The van der Waals surface area contributed by atoms with E-state index < -0.39 is 0 Å². The van der Waals surface area contributed by atoms with Crippen molar-refractivity contribution >= 4 is 17.5 Å². The number of ether oxygens (including phenoxy) is 1. The monoisotopic (exact) mass is 233 g/mol. The second kappa shape index (κ2) is 6.33. The molecule has 4 heteroatoms. The molecule has 0 bridgehead atoms. The van der Waals surface area contributed by atoms with E-state index in [0.717, 1.165) is 19.4 Å². The van der Waals surface area contributed by atoms with Gasteiger partial charge in [0.1, 0.15) is 0 Å². The summed E-state index contributed by atoms with van der Waals surface area (Å²) in [5.74, 6) is 0.778. The van der Waals surface area contributed by atoms with Crippen LogP contribution in [0, 0.1) is 0 Å². The summed E-state index contributed by atoms with van der Waals surface area (Å²) in [6.07, 6.45) is 2.45. The zero-order chi connectivity index (χ0) is 11.3. The highest BCUT2D eigenvalue weighted by molar-refractivity contribution is 6.17. The minimum absolute atomic E-state index is 0.160. The Balaban J connectivity index is 2.50. The van der Waals surface area contributed by atoms with Crippen molar-refractivity contribution in [3.8, 4) is 0 Å². The summed E-state index contributed by atoms with van der Waals surface area (Å²) in [4.78, 5) is 13.8. The van der Waals surface area contributed by atoms with Crippen molar-refractivity contribution in [1.29, 1.82) is 0 Å². The van der Waals surface area contributed by atoms with Gasteiger partial charge in [-0.3, -0.25) is 4.79 Å². The van der Waals surface area contributed by atoms with Gasteiger partial charge in [-0.25, -0.2) is 0 Å². The highest BCUT2D eigenvalue weighted by Crippen LogP contribution is 2.16. The Morgan fingerprint density at radius 2 is 2.33 bits per heavy atom. The third-order valence-corrected chi connectivity index (χ3v) is 3.05. The van der Waals surface area contributed by atoms with Crippen LogP contribution in [0.1, 0.15) is 33.1 Å². The number of morpholine rings is 1. The SMILES string of the molecule is CCC1COC(C)CN1C(=O)CCCCl. The van der Waals surface area contributed by atoms with Gasteiger partial charge in [0.05, 0.1) is 18.8 Å². The Bertz CT molecular complexity index is 211. The molecule has 1 heterocycles. The Morgan fingerprint density at radius 3 is 2.93 bits per heavy atom. The summed E-state index contributed by atoms with van der Waals surface area (Å²) in [5.41, 5.74) is 0. The molecule has 3 nitrogen and oxygen atoms in total. The van der Waals surface area contributed by atoms with Gasteiger partial charge in [-0.15, -0.1) is 11.6 Å². The van der Waals surface area contributed by atoms with Gasteiger partial charge < -0.3 is 9.64 Å². The van der Waals surface area contributed by atoms with Crippen LogP contribution in [0.3, 0.4) is 0 Å². The fourth-order valence-electron chi connectivity index (χ4n) is 1.85. The first-order chi connectivity index (χ1) is 7.19. The summed E-state index contributed by atoms with van der Waals surface area (Å²) >= 11 is 5.59. The van der Waals surface area contributed by atoms with Crippen LogP contribution >= 0.6 is 11.6 Å². The molecule has 0 aliphatic carbocycles. The largest absolute Gasteiger partial charge is 0.375 e. The molecule has 0 aromatic carbocycles. The predicted molar refractivity (Wildman–Crippen MR) is 61.2 cm³/mol. The molecular formula is C11H20ClNO2. The quantitative estimate of drug-likeness (QED) is 0.696. The van der Waals surface area contributed by atoms with Crippen molar-refractivity contribution in [3.63, 3.8) is 0 Å². The summed E-state index contributed by atoms with van der Waals surface area (Å²) in [6, 6.07) is 0.254. The van der Waals surface area contributed by atoms with E-state index in [-0.39, 0.29) is 18.1 Å². The van der Waals surface area contributed by atoms with Crippen molar-refractivity contribution in [2.24, 2.45) is 0 Å². The number of carbonyl (C=O) groups is 1. The molecule has 0 aromatic heterocycles. The third-order valence-electron chi connectivity index (χ3n) is 2.78. The van der Waals surface area contributed by atoms with E-state index in [9.17, 15) is 4.79 Å². The van der Waals surface area contributed by atoms with Gasteiger partial charge in [0, 0.05) is 18.8 Å². The summed E-state index contributed by atoms with van der Waals surface area (Å²) in [5, 5.41) is 0. The van der Waals surface area contributed by atoms with Crippen LogP contribution in [-0.2, 0) is 9.53 Å². The van der Waals surface area contributed by atoms with E-state index in [2.05, 4.69) is 6.92 Å². The maximum atomic E-state index is 11.9. The van der Waals surface area contributed by atoms with Crippen LogP contribution in [0.25, 0.3) is 0 Å². The second-order valence-electron chi connectivity index (χ2n) is 4.04. The fourth-order valence-corrected chi connectivity index (χ4v) is 1.98.